The molecule has 0 aromatic heterocycles. The van der Waals surface area contributed by atoms with Crippen molar-refractivity contribution in [2.75, 3.05) is 13.2 Å². The monoisotopic (exact) mass is 120 g/mol. The lowest BCUT2D eigenvalue weighted by atomic mass is 10.4. The van der Waals surface area contributed by atoms with E-state index >= 15 is 0 Å². The van der Waals surface area contributed by atoms with Gasteiger partial charge in [0.1, 0.15) is 12.8 Å². The minimum absolute atomic E-state index is 0.0478. The predicted molar refractivity (Wildman–Crippen MR) is 28.7 cm³/mol. The highest BCUT2D eigenvalue weighted by Gasteiger charge is 2.00. The van der Waals surface area contributed by atoms with Crippen molar-refractivity contribution in [3.8, 4) is 0 Å². The first kappa shape index (κ1) is 7.36. The number of alkyl halides is 1. The van der Waals surface area contributed by atoms with E-state index in [1.807, 2.05) is 0 Å². The maximum atomic E-state index is 12.0. The van der Waals surface area contributed by atoms with Gasteiger partial charge < -0.3 is 10.5 Å². The molecule has 3 nitrogen and oxygen atoms in total. The molecule has 3 N–H and O–H groups in total. The molecular weight excluding hydrogens is 111 g/mol. The van der Waals surface area contributed by atoms with Gasteiger partial charge in [-0.1, -0.05) is 0 Å². The van der Waals surface area contributed by atoms with Crippen LogP contribution in [0.5, 0.6) is 0 Å². The average Bonchev–Trinajstić information content (AvgIpc) is 1.83. The SMILES string of the molecule is N=COC[C@H](F)CN. The molecular formula is C4H9FN2O. The van der Waals surface area contributed by atoms with Gasteiger partial charge in [-0.05, 0) is 0 Å². The van der Waals surface area contributed by atoms with Crippen LogP contribution in [0.2, 0.25) is 0 Å². The van der Waals surface area contributed by atoms with Gasteiger partial charge in [0.15, 0.2) is 6.40 Å². The highest BCUT2D eigenvalue weighted by atomic mass is 19.1. The molecule has 0 rings (SSSR count). The minimum atomic E-state index is -1.14. The third-order valence-electron chi connectivity index (χ3n) is 0.616. The van der Waals surface area contributed by atoms with Crippen molar-refractivity contribution < 1.29 is 9.13 Å². The first-order valence-electron chi connectivity index (χ1n) is 2.26. The summed E-state index contributed by atoms with van der Waals surface area (Å²) in [6.07, 6.45) is -0.445. The van der Waals surface area contributed by atoms with Gasteiger partial charge >= 0.3 is 0 Å². The van der Waals surface area contributed by atoms with Crippen molar-refractivity contribution in [2.45, 2.75) is 6.17 Å². The molecule has 0 aliphatic heterocycles. The molecule has 0 spiro atoms. The van der Waals surface area contributed by atoms with Crippen LogP contribution in [0.25, 0.3) is 0 Å². The summed E-state index contributed by atoms with van der Waals surface area (Å²) in [5.41, 5.74) is 4.88. The maximum absolute atomic E-state index is 12.0. The van der Waals surface area contributed by atoms with E-state index < -0.39 is 6.17 Å². The average molecular weight is 120 g/mol. The largest absolute Gasteiger partial charge is 0.481 e. The van der Waals surface area contributed by atoms with Gasteiger partial charge in [0.05, 0.1) is 0 Å². The molecule has 0 bridgehead atoms. The lowest BCUT2D eigenvalue weighted by molar-refractivity contribution is 0.198. The summed E-state index contributed by atoms with van der Waals surface area (Å²) in [4.78, 5) is 0. The fourth-order valence-electron chi connectivity index (χ4n) is 0.221. The third-order valence-corrected chi connectivity index (χ3v) is 0.616. The Kier molecular flexibility index (Phi) is 4.16. The summed E-state index contributed by atoms with van der Waals surface area (Å²) in [5.74, 6) is 0. The van der Waals surface area contributed by atoms with Crippen LogP contribution in [-0.4, -0.2) is 25.7 Å². The number of ether oxygens (including phenoxy) is 1. The fraction of sp³-hybridized carbons (Fsp3) is 0.750. The van der Waals surface area contributed by atoms with Crippen molar-refractivity contribution >= 4 is 6.40 Å². The summed E-state index contributed by atoms with van der Waals surface area (Å²) < 4.78 is 16.2. The van der Waals surface area contributed by atoms with E-state index in [9.17, 15) is 4.39 Å². The van der Waals surface area contributed by atoms with E-state index in [-0.39, 0.29) is 13.2 Å². The molecule has 0 radical (unpaired) electrons. The standard InChI is InChI=1S/C4H9FN2O/c5-4(1-6)2-8-3-7/h3-4,7H,1-2,6H2/t4-/m1/s1. The number of nitrogens with one attached hydrogen (secondary N) is 1. The Morgan fingerprint density at radius 2 is 2.50 bits per heavy atom. The summed E-state index contributed by atoms with van der Waals surface area (Å²) in [7, 11) is 0. The van der Waals surface area contributed by atoms with Gasteiger partial charge in [0.25, 0.3) is 0 Å². The van der Waals surface area contributed by atoms with Crippen LogP contribution in [0.1, 0.15) is 0 Å². The first-order chi connectivity index (χ1) is 3.81. The highest BCUT2D eigenvalue weighted by molar-refractivity contribution is 5.40. The van der Waals surface area contributed by atoms with Gasteiger partial charge in [-0.3, -0.25) is 5.41 Å². The predicted octanol–water partition coefficient (Wildman–Crippen LogP) is -0.0931. The Hall–Kier alpha value is -0.640. The molecule has 0 unspecified atom stereocenters. The van der Waals surface area contributed by atoms with Crippen LogP contribution in [0.3, 0.4) is 0 Å². The summed E-state index contributed by atoms with van der Waals surface area (Å²) in [5, 5.41) is 6.32. The van der Waals surface area contributed by atoms with E-state index in [0.717, 1.165) is 0 Å². The zero-order valence-corrected chi connectivity index (χ0v) is 4.43. The van der Waals surface area contributed by atoms with Gasteiger partial charge in [-0.2, -0.15) is 0 Å². The van der Waals surface area contributed by atoms with Crippen LogP contribution in [0, 0.1) is 5.41 Å². The molecule has 0 aromatic rings. The molecule has 48 valence electrons. The Labute approximate surface area is 47.1 Å². The molecule has 0 saturated heterocycles. The van der Waals surface area contributed by atoms with Gasteiger partial charge in [-0.25, -0.2) is 4.39 Å². The zero-order valence-electron chi connectivity index (χ0n) is 4.43. The quantitative estimate of drug-likeness (QED) is 0.402. The van der Waals surface area contributed by atoms with Crippen LogP contribution in [0.15, 0.2) is 0 Å². The minimum Gasteiger partial charge on any atom is -0.481 e. The molecule has 0 heterocycles. The third kappa shape index (κ3) is 3.55. The summed E-state index contributed by atoms with van der Waals surface area (Å²) >= 11 is 0. The van der Waals surface area contributed by atoms with Gasteiger partial charge in [0.2, 0.25) is 0 Å². The molecule has 0 aromatic carbocycles. The molecule has 0 aliphatic rings. The lowest BCUT2D eigenvalue weighted by Gasteiger charge is -2.01. The van der Waals surface area contributed by atoms with Crippen molar-refractivity contribution in [2.24, 2.45) is 5.73 Å². The van der Waals surface area contributed by atoms with Gasteiger partial charge in [0, 0.05) is 6.54 Å². The molecule has 1 atom stereocenters. The van der Waals surface area contributed by atoms with Crippen LogP contribution >= 0.6 is 0 Å². The fourth-order valence-corrected chi connectivity index (χ4v) is 0.221. The topological polar surface area (TPSA) is 59.1 Å². The summed E-state index contributed by atoms with van der Waals surface area (Å²) in [6, 6.07) is 0. The van der Waals surface area contributed by atoms with Crippen LogP contribution in [-0.2, 0) is 4.74 Å². The zero-order chi connectivity index (χ0) is 6.41. The van der Waals surface area contributed by atoms with Crippen molar-refractivity contribution in [1.29, 1.82) is 5.41 Å². The highest BCUT2D eigenvalue weighted by Crippen LogP contribution is 1.85. The van der Waals surface area contributed by atoms with E-state index in [2.05, 4.69) is 4.74 Å². The molecule has 0 amide bonds. The van der Waals surface area contributed by atoms with Crippen molar-refractivity contribution in [1.82, 2.24) is 0 Å². The van der Waals surface area contributed by atoms with Gasteiger partial charge in [-0.15, -0.1) is 0 Å². The Bertz CT molecular complexity index is 69.1. The van der Waals surface area contributed by atoms with E-state index in [0.29, 0.717) is 6.40 Å². The maximum Gasteiger partial charge on any atom is 0.166 e. The second-order valence-electron chi connectivity index (χ2n) is 1.28. The number of hydrogen-bond acceptors (Lipinski definition) is 3. The number of rotatable bonds is 4. The number of hydrogen-bond donors (Lipinski definition) is 2. The van der Waals surface area contributed by atoms with Crippen LogP contribution < -0.4 is 5.73 Å². The lowest BCUT2D eigenvalue weighted by Crippen LogP contribution is -2.20. The summed E-state index contributed by atoms with van der Waals surface area (Å²) in [6.45, 7) is -0.159. The van der Waals surface area contributed by atoms with E-state index in [4.69, 9.17) is 11.1 Å². The first-order valence-corrected chi connectivity index (χ1v) is 2.26. The normalized spacial score (nSPS) is 12.8. The number of nitrogens with two attached hydrogens (primary N) is 1. The molecule has 0 saturated carbocycles. The Morgan fingerprint density at radius 1 is 1.88 bits per heavy atom. The van der Waals surface area contributed by atoms with Crippen molar-refractivity contribution in [3.05, 3.63) is 0 Å². The molecule has 0 aliphatic carbocycles. The smallest absolute Gasteiger partial charge is 0.166 e. The molecule has 4 heteroatoms. The van der Waals surface area contributed by atoms with E-state index in [1.54, 1.807) is 0 Å². The second-order valence-corrected chi connectivity index (χ2v) is 1.28. The Balaban J connectivity index is 2.97. The Morgan fingerprint density at radius 3 is 2.88 bits per heavy atom. The van der Waals surface area contributed by atoms with E-state index in [1.165, 1.54) is 0 Å². The second kappa shape index (κ2) is 4.52. The number of halogens is 1. The molecule has 0 fully saturated rings. The molecule has 8 heavy (non-hydrogen) atoms. The van der Waals surface area contributed by atoms with Crippen LogP contribution in [0.4, 0.5) is 4.39 Å². The van der Waals surface area contributed by atoms with Crippen molar-refractivity contribution in [3.63, 3.8) is 0 Å².